The van der Waals surface area contributed by atoms with Gasteiger partial charge in [0.25, 0.3) is 0 Å². The second kappa shape index (κ2) is 6.19. The van der Waals surface area contributed by atoms with E-state index >= 15 is 0 Å². The molecule has 1 saturated carbocycles. The predicted molar refractivity (Wildman–Crippen MR) is 74.0 cm³/mol. The van der Waals surface area contributed by atoms with Crippen LogP contribution in [0.4, 0.5) is 0 Å². The fraction of sp³-hybridized carbons (Fsp3) is 1.00. The van der Waals surface area contributed by atoms with E-state index in [9.17, 15) is 0 Å². The van der Waals surface area contributed by atoms with E-state index < -0.39 is 0 Å². The summed E-state index contributed by atoms with van der Waals surface area (Å²) in [4.78, 5) is 2.72. The van der Waals surface area contributed by atoms with Crippen molar-refractivity contribution in [3.8, 4) is 0 Å². The molecular formula is C15H30N2. The van der Waals surface area contributed by atoms with Crippen LogP contribution in [0.5, 0.6) is 0 Å². The number of likely N-dealkylation sites (tertiary alicyclic amines) is 1. The van der Waals surface area contributed by atoms with Crippen molar-refractivity contribution in [3.63, 3.8) is 0 Å². The zero-order valence-corrected chi connectivity index (χ0v) is 11.7. The van der Waals surface area contributed by atoms with Crippen molar-refractivity contribution in [2.75, 3.05) is 13.1 Å². The topological polar surface area (TPSA) is 29.3 Å². The summed E-state index contributed by atoms with van der Waals surface area (Å²) in [6.45, 7) is 6.99. The average Bonchev–Trinajstić information content (AvgIpc) is 2.28. The molecule has 1 unspecified atom stereocenters. The number of piperidine rings is 1. The fourth-order valence-corrected chi connectivity index (χ4v) is 3.94. The SMILES string of the molecule is CC(C)CC(N)CN1CCC[C@H]2CCCC[C@H]21. The van der Waals surface area contributed by atoms with Gasteiger partial charge < -0.3 is 5.73 Å². The van der Waals surface area contributed by atoms with Crippen molar-refractivity contribution >= 4 is 0 Å². The molecule has 2 heteroatoms. The third-order valence-corrected chi connectivity index (χ3v) is 4.60. The van der Waals surface area contributed by atoms with Gasteiger partial charge in [0.05, 0.1) is 0 Å². The van der Waals surface area contributed by atoms with Crippen LogP contribution in [0.25, 0.3) is 0 Å². The smallest absolute Gasteiger partial charge is 0.0170 e. The number of rotatable bonds is 4. The third-order valence-electron chi connectivity index (χ3n) is 4.60. The highest BCUT2D eigenvalue weighted by molar-refractivity contribution is 4.88. The maximum absolute atomic E-state index is 6.29. The molecule has 100 valence electrons. The lowest BCUT2D eigenvalue weighted by Gasteiger charge is -2.45. The molecule has 1 aliphatic carbocycles. The van der Waals surface area contributed by atoms with Gasteiger partial charge in [0.15, 0.2) is 0 Å². The van der Waals surface area contributed by atoms with Crippen LogP contribution in [0, 0.1) is 11.8 Å². The second-order valence-corrected chi connectivity index (χ2v) is 6.64. The first-order valence-electron chi connectivity index (χ1n) is 7.66. The summed E-state index contributed by atoms with van der Waals surface area (Å²) in [6.07, 6.45) is 9.85. The van der Waals surface area contributed by atoms with E-state index in [-0.39, 0.29) is 0 Å². The van der Waals surface area contributed by atoms with Gasteiger partial charge in [-0.1, -0.05) is 26.7 Å². The third kappa shape index (κ3) is 3.69. The minimum absolute atomic E-state index is 0.385. The molecule has 2 nitrogen and oxygen atoms in total. The lowest BCUT2D eigenvalue weighted by molar-refractivity contribution is 0.0546. The van der Waals surface area contributed by atoms with Gasteiger partial charge in [-0.25, -0.2) is 0 Å². The molecule has 0 amide bonds. The molecule has 3 atom stereocenters. The number of hydrogen-bond acceptors (Lipinski definition) is 2. The van der Waals surface area contributed by atoms with Gasteiger partial charge in [-0.05, 0) is 50.5 Å². The summed E-state index contributed by atoms with van der Waals surface area (Å²) in [6, 6.07) is 1.26. The molecule has 2 N–H and O–H groups in total. The van der Waals surface area contributed by atoms with Gasteiger partial charge in [-0.3, -0.25) is 4.90 Å². The molecule has 1 saturated heterocycles. The Balaban J connectivity index is 1.85. The van der Waals surface area contributed by atoms with Gasteiger partial charge in [0.2, 0.25) is 0 Å². The quantitative estimate of drug-likeness (QED) is 0.816. The van der Waals surface area contributed by atoms with E-state index in [1.807, 2.05) is 0 Å². The van der Waals surface area contributed by atoms with E-state index in [1.165, 1.54) is 51.5 Å². The summed E-state index contributed by atoms with van der Waals surface area (Å²) in [7, 11) is 0. The van der Waals surface area contributed by atoms with E-state index in [2.05, 4.69) is 18.7 Å². The molecule has 1 aliphatic heterocycles. The Hall–Kier alpha value is -0.0800. The van der Waals surface area contributed by atoms with Gasteiger partial charge in [-0.15, -0.1) is 0 Å². The molecular weight excluding hydrogens is 208 g/mol. The Kier molecular flexibility index (Phi) is 4.87. The molecule has 2 aliphatic rings. The highest BCUT2D eigenvalue weighted by Gasteiger charge is 2.33. The molecule has 2 fully saturated rings. The number of nitrogens with zero attached hydrogens (tertiary/aromatic N) is 1. The predicted octanol–water partition coefficient (Wildman–Crippen LogP) is 3.01. The van der Waals surface area contributed by atoms with Crippen LogP contribution in [-0.2, 0) is 0 Å². The van der Waals surface area contributed by atoms with Crippen LogP contribution in [0.15, 0.2) is 0 Å². The maximum atomic E-state index is 6.29. The minimum atomic E-state index is 0.385. The molecule has 0 aromatic carbocycles. The van der Waals surface area contributed by atoms with E-state index in [0.29, 0.717) is 6.04 Å². The van der Waals surface area contributed by atoms with E-state index in [4.69, 9.17) is 5.73 Å². The molecule has 17 heavy (non-hydrogen) atoms. The highest BCUT2D eigenvalue weighted by atomic mass is 15.2. The monoisotopic (exact) mass is 238 g/mol. The summed E-state index contributed by atoms with van der Waals surface area (Å²) >= 11 is 0. The van der Waals surface area contributed by atoms with Crippen molar-refractivity contribution in [2.45, 2.75) is 70.9 Å². The second-order valence-electron chi connectivity index (χ2n) is 6.64. The summed E-state index contributed by atoms with van der Waals surface area (Å²) in [5, 5.41) is 0. The van der Waals surface area contributed by atoms with Crippen LogP contribution in [0.1, 0.15) is 58.8 Å². The zero-order valence-electron chi connectivity index (χ0n) is 11.7. The molecule has 0 aromatic heterocycles. The molecule has 0 radical (unpaired) electrons. The van der Waals surface area contributed by atoms with Crippen molar-refractivity contribution in [3.05, 3.63) is 0 Å². The number of nitrogens with two attached hydrogens (primary N) is 1. The summed E-state index contributed by atoms with van der Waals surface area (Å²) in [5.74, 6) is 1.72. The number of hydrogen-bond donors (Lipinski definition) is 1. The Morgan fingerprint density at radius 2 is 1.82 bits per heavy atom. The van der Waals surface area contributed by atoms with Crippen LogP contribution < -0.4 is 5.73 Å². The zero-order chi connectivity index (χ0) is 12.3. The summed E-state index contributed by atoms with van der Waals surface area (Å²) < 4.78 is 0. The Morgan fingerprint density at radius 3 is 2.59 bits per heavy atom. The van der Waals surface area contributed by atoms with E-state index in [1.54, 1.807) is 0 Å². The van der Waals surface area contributed by atoms with Crippen molar-refractivity contribution in [1.29, 1.82) is 0 Å². The van der Waals surface area contributed by atoms with Crippen LogP contribution in [-0.4, -0.2) is 30.1 Å². The van der Waals surface area contributed by atoms with Crippen molar-refractivity contribution in [1.82, 2.24) is 4.90 Å². The fourth-order valence-electron chi connectivity index (χ4n) is 3.94. The minimum Gasteiger partial charge on any atom is -0.327 e. The van der Waals surface area contributed by atoms with Gasteiger partial charge in [0, 0.05) is 18.6 Å². The standard InChI is InChI=1S/C15H30N2/c1-12(2)10-14(16)11-17-9-5-7-13-6-3-4-8-15(13)17/h12-15H,3-11,16H2,1-2H3/t13-,14?,15-/m1/s1. The average molecular weight is 238 g/mol. The molecule has 2 rings (SSSR count). The number of fused-ring (bicyclic) bond motifs is 1. The summed E-state index contributed by atoms with van der Waals surface area (Å²) in [5.41, 5.74) is 6.29. The molecule has 0 spiro atoms. The first kappa shape index (κ1) is 13.4. The first-order valence-corrected chi connectivity index (χ1v) is 7.66. The normalized spacial score (nSPS) is 32.5. The lowest BCUT2D eigenvalue weighted by Crippen LogP contribution is -2.51. The Bertz CT molecular complexity index is 225. The van der Waals surface area contributed by atoms with Gasteiger partial charge >= 0.3 is 0 Å². The molecule has 1 heterocycles. The molecule has 0 bridgehead atoms. The van der Waals surface area contributed by atoms with Crippen molar-refractivity contribution in [2.24, 2.45) is 17.6 Å². The Morgan fingerprint density at radius 1 is 1.12 bits per heavy atom. The van der Waals surface area contributed by atoms with Crippen LogP contribution in [0.2, 0.25) is 0 Å². The van der Waals surface area contributed by atoms with Crippen molar-refractivity contribution < 1.29 is 0 Å². The lowest BCUT2D eigenvalue weighted by atomic mass is 9.78. The largest absolute Gasteiger partial charge is 0.327 e. The van der Waals surface area contributed by atoms with Gasteiger partial charge in [0.1, 0.15) is 0 Å². The highest BCUT2D eigenvalue weighted by Crippen LogP contribution is 2.35. The van der Waals surface area contributed by atoms with Crippen LogP contribution in [0.3, 0.4) is 0 Å². The molecule has 0 aromatic rings. The van der Waals surface area contributed by atoms with Gasteiger partial charge in [-0.2, -0.15) is 0 Å². The Labute approximate surface area is 107 Å². The van der Waals surface area contributed by atoms with E-state index in [0.717, 1.165) is 24.4 Å². The maximum Gasteiger partial charge on any atom is 0.0170 e. The van der Waals surface area contributed by atoms with Crippen LogP contribution >= 0.6 is 0 Å². The first-order chi connectivity index (χ1) is 8.16.